The molecule has 0 unspecified atom stereocenters. The predicted octanol–water partition coefficient (Wildman–Crippen LogP) is 3.42. The number of imidazole rings is 1. The SMILES string of the molecule is Cn1cc(-c2ccc(-c3ccncn3)cc2)nc1C1CC1. The van der Waals surface area contributed by atoms with E-state index < -0.39 is 0 Å². The molecule has 1 aliphatic rings. The van der Waals surface area contributed by atoms with Crippen molar-refractivity contribution < 1.29 is 0 Å². The van der Waals surface area contributed by atoms with Gasteiger partial charge >= 0.3 is 0 Å². The molecule has 21 heavy (non-hydrogen) atoms. The summed E-state index contributed by atoms with van der Waals surface area (Å²) in [5.41, 5.74) is 4.24. The van der Waals surface area contributed by atoms with Crippen LogP contribution in [0.3, 0.4) is 0 Å². The van der Waals surface area contributed by atoms with Crippen molar-refractivity contribution in [2.75, 3.05) is 0 Å². The minimum absolute atomic E-state index is 0.670. The lowest BCUT2D eigenvalue weighted by atomic mass is 10.1. The molecule has 3 aromatic rings. The number of nitrogens with zero attached hydrogens (tertiary/aromatic N) is 4. The first-order valence-corrected chi connectivity index (χ1v) is 7.21. The second-order valence-corrected chi connectivity index (χ2v) is 5.54. The molecule has 104 valence electrons. The number of hydrogen-bond donors (Lipinski definition) is 0. The van der Waals surface area contributed by atoms with Crippen LogP contribution in [0.4, 0.5) is 0 Å². The zero-order valence-corrected chi connectivity index (χ0v) is 11.9. The third kappa shape index (κ3) is 2.33. The maximum absolute atomic E-state index is 4.78. The molecular formula is C17H16N4. The largest absolute Gasteiger partial charge is 0.337 e. The summed E-state index contributed by atoms with van der Waals surface area (Å²) < 4.78 is 2.16. The lowest BCUT2D eigenvalue weighted by Crippen LogP contribution is -1.93. The van der Waals surface area contributed by atoms with Gasteiger partial charge in [0.2, 0.25) is 0 Å². The molecule has 0 bridgehead atoms. The monoisotopic (exact) mass is 276 g/mol. The van der Waals surface area contributed by atoms with Gasteiger partial charge in [0.05, 0.1) is 11.4 Å². The summed E-state index contributed by atoms with van der Waals surface area (Å²) in [6, 6.07) is 10.3. The molecule has 1 aliphatic carbocycles. The van der Waals surface area contributed by atoms with E-state index in [1.165, 1.54) is 18.7 Å². The van der Waals surface area contributed by atoms with E-state index in [1.807, 2.05) is 6.07 Å². The van der Waals surface area contributed by atoms with E-state index in [1.54, 1.807) is 12.5 Å². The van der Waals surface area contributed by atoms with Crippen LogP contribution in [-0.4, -0.2) is 19.5 Å². The average molecular weight is 276 g/mol. The fourth-order valence-corrected chi connectivity index (χ4v) is 2.61. The minimum Gasteiger partial charge on any atom is -0.337 e. The van der Waals surface area contributed by atoms with Crippen LogP contribution < -0.4 is 0 Å². The van der Waals surface area contributed by atoms with E-state index in [9.17, 15) is 0 Å². The van der Waals surface area contributed by atoms with Gasteiger partial charge in [-0.2, -0.15) is 0 Å². The molecule has 1 aromatic carbocycles. The van der Waals surface area contributed by atoms with Crippen molar-refractivity contribution in [2.45, 2.75) is 18.8 Å². The Bertz CT molecular complexity index is 755. The van der Waals surface area contributed by atoms with Crippen LogP contribution in [0, 0.1) is 0 Å². The van der Waals surface area contributed by atoms with Gasteiger partial charge in [-0.25, -0.2) is 15.0 Å². The molecule has 0 N–H and O–H groups in total. The zero-order chi connectivity index (χ0) is 14.2. The Kier molecular flexibility index (Phi) is 2.81. The van der Waals surface area contributed by atoms with Crippen LogP contribution in [0.15, 0.2) is 49.1 Å². The van der Waals surface area contributed by atoms with E-state index in [2.05, 4.69) is 52.0 Å². The lowest BCUT2D eigenvalue weighted by Gasteiger charge is -2.01. The van der Waals surface area contributed by atoms with E-state index in [0.29, 0.717) is 5.92 Å². The van der Waals surface area contributed by atoms with E-state index in [0.717, 1.165) is 22.5 Å². The first kappa shape index (κ1) is 12.3. The van der Waals surface area contributed by atoms with Crippen LogP contribution in [-0.2, 0) is 7.05 Å². The molecule has 1 fully saturated rings. The summed E-state index contributed by atoms with van der Waals surface area (Å²) in [5.74, 6) is 1.88. The topological polar surface area (TPSA) is 43.6 Å². The predicted molar refractivity (Wildman–Crippen MR) is 81.6 cm³/mol. The first-order valence-electron chi connectivity index (χ1n) is 7.21. The van der Waals surface area contributed by atoms with Crippen molar-refractivity contribution in [1.82, 2.24) is 19.5 Å². The fraction of sp³-hybridized carbons (Fsp3) is 0.235. The molecule has 0 amide bonds. The maximum atomic E-state index is 4.78. The minimum atomic E-state index is 0.670. The summed E-state index contributed by atoms with van der Waals surface area (Å²) in [5, 5.41) is 0. The van der Waals surface area contributed by atoms with Crippen molar-refractivity contribution >= 4 is 0 Å². The van der Waals surface area contributed by atoms with E-state index in [-0.39, 0.29) is 0 Å². The Morgan fingerprint density at radius 1 is 1.00 bits per heavy atom. The Balaban J connectivity index is 1.66. The average Bonchev–Trinajstić information content (AvgIpc) is 3.31. The molecule has 4 rings (SSSR count). The highest BCUT2D eigenvalue weighted by atomic mass is 15.1. The molecule has 2 heterocycles. The molecule has 0 atom stereocenters. The highest BCUT2D eigenvalue weighted by Gasteiger charge is 2.28. The van der Waals surface area contributed by atoms with Crippen molar-refractivity contribution in [3.8, 4) is 22.5 Å². The van der Waals surface area contributed by atoms with Gasteiger partial charge in [0, 0.05) is 36.5 Å². The van der Waals surface area contributed by atoms with Gasteiger partial charge in [-0.15, -0.1) is 0 Å². The first-order chi connectivity index (χ1) is 10.3. The van der Waals surface area contributed by atoms with Crippen molar-refractivity contribution in [3.05, 3.63) is 54.9 Å². The molecule has 0 radical (unpaired) electrons. The van der Waals surface area contributed by atoms with Crippen LogP contribution in [0.2, 0.25) is 0 Å². The highest BCUT2D eigenvalue weighted by Crippen LogP contribution is 2.40. The number of aryl methyl sites for hydroxylation is 1. The van der Waals surface area contributed by atoms with Gasteiger partial charge in [0.1, 0.15) is 12.2 Å². The molecular weight excluding hydrogens is 260 g/mol. The number of rotatable bonds is 3. The number of aromatic nitrogens is 4. The van der Waals surface area contributed by atoms with Crippen LogP contribution in [0.25, 0.3) is 22.5 Å². The van der Waals surface area contributed by atoms with Gasteiger partial charge in [-0.3, -0.25) is 0 Å². The van der Waals surface area contributed by atoms with Crippen molar-refractivity contribution in [3.63, 3.8) is 0 Å². The summed E-state index contributed by atoms with van der Waals surface area (Å²) in [7, 11) is 2.08. The number of hydrogen-bond acceptors (Lipinski definition) is 3. The molecule has 0 saturated heterocycles. The molecule has 1 saturated carbocycles. The molecule has 2 aromatic heterocycles. The third-order valence-electron chi connectivity index (χ3n) is 3.91. The van der Waals surface area contributed by atoms with E-state index >= 15 is 0 Å². The Labute approximate surface area is 123 Å². The van der Waals surface area contributed by atoms with Gasteiger partial charge in [-0.05, 0) is 18.9 Å². The smallest absolute Gasteiger partial charge is 0.116 e. The third-order valence-corrected chi connectivity index (χ3v) is 3.91. The van der Waals surface area contributed by atoms with Crippen molar-refractivity contribution in [1.29, 1.82) is 0 Å². The summed E-state index contributed by atoms with van der Waals surface area (Å²) in [6.45, 7) is 0. The lowest BCUT2D eigenvalue weighted by molar-refractivity contribution is 0.799. The molecule has 4 heteroatoms. The van der Waals surface area contributed by atoms with Gasteiger partial charge < -0.3 is 4.57 Å². The van der Waals surface area contributed by atoms with Gasteiger partial charge in [0.25, 0.3) is 0 Å². The maximum Gasteiger partial charge on any atom is 0.116 e. The second kappa shape index (κ2) is 4.81. The van der Waals surface area contributed by atoms with Crippen LogP contribution >= 0.6 is 0 Å². The van der Waals surface area contributed by atoms with Crippen LogP contribution in [0.5, 0.6) is 0 Å². The summed E-state index contributed by atoms with van der Waals surface area (Å²) >= 11 is 0. The zero-order valence-electron chi connectivity index (χ0n) is 11.9. The Morgan fingerprint density at radius 2 is 1.71 bits per heavy atom. The standard InChI is InChI=1S/C17H16N4/c1-21-10-16(20-17(21)14-6-7-14)13-4-2-12(3-5-13)15-8-9-18-11-19-15/h2-5,8-11,14H,6-7H2,1H3. The summed E-state index contributed by atoms with van der Waals surface area (Å²) in [4.78, 5) is 13.0. The fourth-order valence-electron chi connectivity index (χ4n) is 2.61. The quantitative estimate of drug-likeness (QED) is 0.736. The molecule has 0 spiro atoms. The van der Waals surface area contributed by atoms with Crippen molar-refractivity contribution in [2.24, 2.45) is 7.05 Å². The molecule has 0 aliphatic heterocycles. The summed E-state index contributed by atoms with van der Waals surface area (Å²) in [6.07, 6.45) is 8.00. The Hall–Kier alpha value is -2.49. The Morgan fingerprint density at radius 3 is 2.33 bits per heavy atom. The second-order valence-electron chi connectivity index (χ2n) is 5.54. The van der Waals surface area contributed by atoms with Gasteiger partial charge in [0.15, 0.2) is 0 Å². The number of benzene rings is 1. The highest BCUT2D eigenvalue weighted by molar-refractivity contribution is 5.66. The normalized spacial score (nSPS) is 14.3. The van der Waals surface area contributed by atoms with Crippen LogP contribution in [0.1, 0.15) is 24.6 Å². The molecule has 4 nitrogen and oxygen atoms in total. The van der Waals surface area contributed by atoms with E-state index in [4.69, 9.17) is 4.98 Å². The van der Waals surface area contributed by atoms with Gasteiger partial charge in [-0.1, -0.05) is 24.3 Å².